The van der Waals surface area contributed by atoms with E-state index in [-0.39, 0.29) is 12.4 Å². The second-order valence-corrected chi connectivity index (χ2v) is 4.81. The Balaban J connectivity index is 2.21. The molecule has 0 amide bonds. The highest BCUT2D eigenvalue weighted by Crippen LogP contribution is 2.26. The third kappa shape index (κ3) is 4.86. The first-order valence-electron chi connectivity index (χ1n) is 5.52. The summed E-state index contributed by atoms with van der Waals surface area (Å²) in [5.74, 6) is 0.700. The van der Waals surface area contributed by atoms with Crippen molar-refractivity contribution in [3.8, 4) is 0 Å². The summed E-state index contributed by atoms with van der Waals surface area (Å²) in [6.07, 6.45) is 4.16. The second kappa shape index (κ2) is 7.52. The predicted molar refractivity (Wildman–Crippen MR) is 67.1 cm³/mol. The Labute approximate surface area is 100 Å². The van der Waals surface area contributed by atoms with Gasteiger partial charge in [-0.05, 0) is 36.8 Å². The van der Waals surface area contributed by atoms with E-state index in [4.69, 9.17) is 10.8 Å². The van der Waals surface area contributed by atoms with Crippen LogP contribution in [0.5, 0.6) is 0 Å². The van der Waals surface area contributed by atoms with Gasteiger partial charge in [-0.1, -0.05) is 12.8 Å². The Morgan fingerprint density at radius 1 is 1.19 bits per heavy atom. The quantitative estimate of drug-likeness (QED) is 0.439. The van der Waals surface area contributed by atoms with Crippen molar-refractivity contribution in [2.75, 3.05) is 18.1 Å². The summed E-state index contributed by atoms with van der Waals surface area (Å²) in [5, 5.41) is 8.61. The van der Waals surface area contributed by atoms with Crippen molar-refractivity contribution in [1.82, 2.24) is 0 Å². The Bertz CT molecular complexity index is 320. The van der Waals surface area contributed by atoms with Crippen LogP contribution < -0.4 is 5.73 Å². The fraction of sp³-hybridized carbons (Fsp3) is 0.500. The maximum atomic E-state index is 12.8. The molecular weight excluding hydrogens is 225 g/mol. The lowest BCUT2D eigenvalue weighted by Crippen LogP contribution is -1.91. The molecular formula is C12H18FNOS. The average Bonchev–Trinajstić information content (AvgIpc) is 2.26. The summed E-state index contributed by atoms with van der Waals surface area (Å²) in [7, 11) is 0. The molecule has 4 heteroatoms. The first-order chi connectivity index (χ1) is 7.74. The highest BCUT2D eigenvalue weighted by Gasteiger charge is 2.01. The summed E-state index contributed by atoms with van der Waals surface area (Å²) >= 11 is 1.66. The lowest BCUT2D eigenvalue weighted by atomic mass is 10.2. The number of aliphatic hydroxyl groups excluding tert-OH is 1. The van der Waals surface area contributed by atoms with Crippen molar-refractivity contribution < 1.29 is 9.50 Å². The van der Waals surface area contributed by atoms with Gasteiger partial charge in [-0.15, -0.1) is 11.8 Å². The van der Waals surface area contributed by atoms with E-state index in [1.54, 1.807) is 17.8 Å². The Hall–Kier alpha value is -0.740. The molecule has 0 spiro atoms. The van der Waals surface area contributed by atoms with Gasteiger partial charge in [0.1, 0.15) is 5.82 Å². The van der Waals surface area contributed by atoms with Gasteiger partial charge in [0, 0.05) is 17.2 Å². The summed E-state index contributed by atoms with van der Waals surface area (Å²) in [6.45, 7) is 0.276. The molecule has 0 saturated heterocycles. The smallest absolute Gasteiger partial charge is 0.125 e. The number of aliphatic hydroxyl groups is 1. The van der Waals surface area contributed by atoms with E-state index in [9.17, 15) is 4.39 Å². The zero-order valence-electron chi connectivity index (χ0n) is 9.29. The van der Waals surface area contributed by atoms with E-state index in [1.165, 1.54) is 12.1 Å². The molecule has 1 aromatic carbocycles. The van der Waals surface area contributed by atoms with Gasteiger partial charge in [-0.2, -0.15) is 0 Å². The van der Waals surface area contributed by atoms with Crippen molar-refractivity contribution >= 4 is 17.4 Å². The van der Waals surface area contributed by atoms with E-state index in [1.807, 2.05) is 0 Å². The van der Waals surface area contributed by atoms with Gasteiger partial charge >= 0.3 is 0 Å². The number of hydrogen-bond donors (Lipinski definition) is 2. The van der Waals surface area contributed by atoms with Crippen molar-refractivity contribution in [2.24, 2.45) is 0 Å². The normalized spacial score (nSPS) is 10.6. The lowest BCUT2D eigenvalue weighted by molar-refractivity contribution is 0.283. The number of rotatable bonds is 7. The number of nitrogens with two attached hydrogens (primary N) is 1. The number of anilines is 1. The van der Waals surface area contributed by atoms with Gasteiger partial charge in [-0.3, -0.25) is 0 Å². The summed E-state index contributed by atoms with van der Waals surface area (Å²) in [6, 6.07) is 4.52. The minimum atomic E-state index is -0.287. The molecule has 0 atom stereocenters. The van der Waals surface area contributed by atoms with Crippen LogP contribution in [0.4, 0.5) is 10.1 Å². The Morgan fingerprint density at radius 2 is 1.94 bits per heavy atom. The van der Waals surface area contributed by atoms with Gasteiger partial charge in [0.05, 0.1) is 0 Å². The predicted octanol–water partition coefficient (Wildman–Crippen LogP) is 3.05. The third-order valence-electron chi connectivity index (χ3n) is 2.28. The molecule has 0 aliphatic heterocycles. The molecule has 2 nitrogen and oxygen atoms in total. The molecule has 1 rings (SSSR count). The molecule has 0 heterocycles. The van der Waals surface area contributed by atoms with E-state index >= 15 is 0 Å². The minimum absolute atomic E-state index is 0.276. The first-order valence-corrected chi connectivity index (χ1v) is 6.51. The number of halogens is 1. The summed E-state index contributed by atoms with van der Waals surface area (Å²) in [5.41, 5.74) is 6.20. The van der Waals surface area contributed by atoms with E-state index in [0.717, 1.165) is 36.3 Å². The molecule has 0 aliphatic carbocycles. The van der Waals surface area contributed by atoms with Crippen LogP contribution in [0.3, 0.4) is 0 Å². The van der Waals surface area contributed by atoms with Crippen LogP contribution in [0.1, 0.15) is 25.7 Å². The summed E-state index contributed by atoms with van der Waals surface area (Å²) in [4.78, 5) is 0.948. The number of hydrogen-bond acceptors (Lipinski definition) is 3. The SMILES string of the molecule is Nc1cc(F)ccc1SCCCCCCO. The van der Waals surface area contributed by atoms with Crippen LogP contribution in [-0.2, 0) is 0 Å². The molecule has 0 radical (unpaired) electrons. The molecule has 90 valence electrons. The lowest BCUT2D eigenvalue weighted by Gasteiger charge is -2.05. The highest BCUT2D eigenvalue weighted by atomic mass is 32.2. The van der Waals surface area contributed by atoms with Crippen LogP contribution in [0.25, 0.3) is 0 Å². The van der Waals surface area contributed by atoms with Crippen molar-refractivity contribution in [1.29, 1.82) is 0 Å². The van der Waals surface area contributed by atoms with Crippen LogP contribution in [0.15, 0.2) is 23.1 Å². The standard InChI is InChI=1S/C12H18FNOS/c13-10-5-6-12(11(14)9-10)16-8-4-2-1-3-7-15/h5-6,9,15H,1-4,7-8,14H2. The molecule has 0 aromatic heterocycles. The molecule has 0 bridgehead atoms. The maximum Gasteiger partial charge on any atom is 0.125 e. The van der Waals surface area contributed by atoms with Gasteiger partial charge in [0.25, 0.3) is 0 Å². The number of nitrogen functional groups attached to an aromatic ring is 1. The third-order valence-corrected chi connectivity index (χ3v) is 3.46. The van der Waals surface area contributed by atoms with Crippen LogP contribution in [0, 0.1) is 5.82 Å². The molecule has 1 aromatic rings. The zero-order chi connectivity index (χ0) is 11.8. The fourth-order valence-corrected chi connectivity index (χ4v) is 2.36. The van der Waals surface area contributed by atoms with Crippen LogP contribution in [0.2, 0.25) is 0 Å². The van der Waals surface area contributed by atoms with E-state index in [0.29, 0.717) is 5.69 Å². The molecule has 0 unspecified atom stereocenters. The monoisotopic (exact) mass is 243 g/mol. The average molecular weight is 243 g/mol. The van der Waals surface area contributed by atoms with Crippen molar-refractivity contribution in [2.45, 2.75) is 30.6 Å². The second-order valence-electron chi connectivity index (χ2n) is 3.67. The summed E-state index contributed by atoms with van der Waals surface area (Å²) < 4.78 is 12.8. The molecule has 16 heavy (non-hydrogen) atoms. The van der Waals surface area contributed by atoms with Crippen molar-refractivity contribution in [3.05, 3.63) is 24.0 Å². The molecule has 3 N–H and O–H groups in total. The largest absolute Gasteiger partial charge is 0.398 e. The van der Waals surface area contributed by atoms with E-state index in [2.05, 4.69) is 0 Å². The highest BCUT2D eigenvalue weighted by molar-refractivity contribution is 7.99. The number of thioether (sulfide) groups is 1. The fourth-order valence-electron chi connectivity index (χ4n) is 1.40. The van der Waals surface area contributed by atoms with Gasteiger partial charge in [-0.25, -0.2) is 4.39 Å². The Morgan fingerprint density at radius 3 is 2.62 bits per heavy atom. The topological polar surface area (TPSA) is 46.2 Å². The number of unbranched alkanes of at least 4 members (excludes halogenated alkanes) is 3. The van der Waals surface area contributed by atoms with Crippen LogP contribution in [-0.4, -0.2) is 17.5 Å². The Kier molecular flexibility index (Phi) is 6.26. The van der Waals surface area contributed by atoms with Gasteiger partial charge < -0.3 is 10.8 Å². The van der Waals surface area contributed by atoms with Gasteiger partial charge in [0.15, 0.2) is 0 Å². The first kappa shape index (κ1) is 13.3. The zero-order valence-corrected chi connectivity index (χ0v) is 10.1. The molecule has 0 saturated carbocycles. The maximum absolute atomic E-state index is 12.8. The van der Waals surface area contributed by atoms with Gasteiger partial charge in [0.2, 0.25) is 0 Å². The minimum Gasteiger partial charge on any atom is -0.398 e. The van der Waals surface area contributed by atoms with E-state index < -0.39 is 0 Å². The molecule has 0 aliphatic rings. The van der Waals surface area contributed by atoms with Crippen LogP contribution >= 0.6 is 11.8 Å². The van der Waals surface area contributed by atoms with Crippen molar-refractivity contribution in [3.63, 3.8) is 0 Å². The number of benzene rings is 1. The molecule has 0 fully saturated rings.